The number of benzene rings is 3. The zero-order chi connectivity index (χ0) is 50.5. The molecule has 3 nitrogen and oxygen atoms in total. The second-order valence-electron chi connectivity index (χ2n) is 20.3. The van der Waals surface area contributed by atoms with Crippen molar-refractivity contribution in [1.29, 1.82) is 0 Å². The molecule has 0 radical (unpaired) electrons. The van der Waals surface area contributed by atoms with Gasteiger partial charge in [-0.25, -0.2) is 0 Å². The second kappa shape index (κ2) is 21.3. The number of carbonyl (C=O) groups is 2. The Bertz CT molecular complexity index is 3320. The van der Waals surface area contributed by atoms with Crippen molar-refractivity contribution >= 4 is 110 Å². The predicted octanol–water partition coefficient (Wildman–Crippen LogP) is 21.1. The molecule has 3 aromatic carbocycles. The summed E-state index contributed by atoms with van der Waals surface area (Å²) in [4.78, 5) is 40.7. The molecule has 0 saturated heterocycles. The number of unbranched alkanes of at least 4 members (excludes halogenated alkanes) is 2. The number of imide groups is 1. The zero-order valence-electron chi connectivity index (χ0n) is 41.8. The molecular weight excluding hydrogens is 1030 g/mol. The molecule has 2 atom stereocenters. The summed E-state index contributed by atoms with van der Waals surface area (Å²) in [5.41, 5.74) is 5.13. The van der Waals surface area contributed by atoms with Crippen LogP contribution >= 0.6 is 68.0 Å². The van der Waals surface area contributed by atoms with Gasteiger partial charge in [0.25, 0.3) is 11.8 Å². The Morgan fingerprint density at radius 1 is 0.534 bits per heavy atom. The topological polar surface area (TPSA) is 37.4 Å². The van der Waals surface area contributed by atoms with Crippen LogP contribution < -0.4 is 0 Å². The number of alkyl halides is 3. The minimum Gasteiger partial charge on any atom is -0.270 e. The highest BCUT2D eigenvalue weighted by atomic mass is 32.1. The lowest BCUT2D eigenvalue weighted by atomic mass is 9.85. The fourth-order valence-corrected chi connectivity index (χ4v) is 19.3. The van der Waals surface area contributed by atoms with Crippen LogP contribution in [0, 0.1) is 17.8 Å². The summed E-state index contributed by atoms with van der Waals surface area (Å²) in [5, 5.41) is 3.28. The average molecular weight is 1090 g/mol. The Labute approximate surface area is 450 Å². The Balaban J connectivity index is 1.11. The van der Waals surface area contributed by atoms with Crippen LogP contribution in [0.25, 0.3) is 81.8 Å². The monoisotopic (exact) mass is 1090 g/mol. The third-order valence-corrected chi connectivity index (χ3v) is 22.9. The molecule has 1 fully saturated rings. The van der Waals surface area contributed by atoms with E-state index in [1.54, 1.807) is 11.3 Å². The largest absolute Gasteiger partial charge is 0.391 e. The van der Waals surface area contributed by atoms with Crippen molar-refractivity contribution in [3.8, 4) is 51.5 Å². The maximum absolute atomic E-state index is 14.7. The van der Waals surface area contributed by atoms with Gasteiger partial charge in [0.15, 0.2) is 0 Å². The summed E-state index contributed by atoms with van der Waals surface area (Å²) in [6, 6.07) is 34.7. The summed E-state index contributed by atoms with van der Waals surface area (Å²) in [6.07, 6.45) is 7.77. The molecular formula is C61H60F3NO2S6. The third-order valence-electron chi connectivity index (χ3n) is 15.6. The van der Waals surface area contributed by atoms with Gasteiger partial charge in [0.05, 0.1) is 21.1 Å². The minimum absolute atomic E-state index is 0.0800. The summed E-state index contributed by atoms with van der Waals surface area (Å²) in [5.74, 6) is -0.845. The molecule has 2 amide bonds. The van der Waals surface area contributed by atoms with E-state index in [0.717, 1.165) is 43.1 Å². The van der Waals surface area contributed by atoms with E-state index in [-0.39, 0.29) is 37.5 Å². The number of halogens is 3. The lowest BCUT2D eigenvalue weighted by molar-refractivity contribution is -0.183. The average Bonchev–Trinajstić information content (AvgIpc) is 4.29. The van der Waals surface area contributed by atoms with Gasteiger partial charge in [-0.3, -0.25) is 14.5 Å². The first kappa shape index (κ1) is 50.7. The number of hydrogen-bond donors (Lipinski definition) is 0. The SMILES string of the molecule is CCCCC(CC)Cc1ccc(-c2c3cc(-c4sc(-c5ccccc5)c5c6c(sc45)C(=O)N(C4CCC(C(F)(F)F)CC4)C6=O)sc3c(-c3ccc(CC(CC)CCCC)s3)c3cc(-c4ccccc4)sc23)s1. The first-order chi connectivity index (χ1) is 35.5. The van der Waals surface area contributed by atoms with Crippen molar-refractivity contribution in [2.24, 2.45) is 17.8 Å². The molecule has 378 valence electrons. The second-order valence-corrected chi connectivity index (χ2v) is 26.7. The highest BCUT2D eigenvalue weighted by Gasteiger charge is 2.48. The number of thiophene rings is 6. The van der Waals surface area contributed by atoms with E-state index in [2.05, 4.69) is 107 Å². The van der Waals surface area contributed by atoms with Crippen molar-refractivity contribution in [2.75, 3.05) is 0 Å². The summed E-state index contributed by atoms with van der Waals surface area (Å²) in [7, 11) is 0. The van der Waals surface area contributed by atoms with Crippen LogP contribution in [-0.2, 0) is 12.8 Å². The number of amides is 2. The van der Waals surface area contributed by atoms with Gasteiger partial charge in [0, 0.05) is 76.9 Å². The Morgan fingerprint density at radius 3 is 1.60 bits per heavy atom. The molecule has 1 aliphatic carbocycles. The number of carbonyl (C=O) groups excluding carboxylic acids is 2. The van der Waals surface area contributed by atoms with Crippen LogP contribution in [0.2, 0.25) is 0 Å². The Kier molecular flexibility index (Phi) is 14.8. The van der Waals surface area contributed by atoms with E-state index >= 15 is 0 Å². The third kappa shape index (κ3) is 9.64. The van der Waals surface area contributed by atoms with E-state index in [1.165, 1.54) is 129 Å². The normalized spacial score (nSPS) is 17.2. The molecule has 6 aromatic heterocycles. The summed E-state index contributed by atoms with van der Waals surface area (Å²) >= 11 is 10.7. The van der Waals surface area contributed by atoms with Crippen LogP contribution in [0.15, 0.2) is 97.1 Å². The Hall–Kier alpha value is -4.43. The Morgan fingerprint density at radius 2 is 1.07 bits per heavy atom. The molecule has 7 heterocycles. The summed E-state index contributed by atoms with van der Waals surface area (Å²) < 4.78 is 44.7. The van der Waals surface area contributed by atoms with E-state index in [1.807, 2.05) is 63.5 Å². The van der Waals surface area contributed by atoms with E-state index in [9.17, 15) is 22.8 Å². The molecule has 0 spiro atoms. The smallest absolute Gasteiger partial charge is 0.270 e. The van der Waals surface area contributed by atoms with Crippen LogP contribution in [0.3, 0.4) is 0 Å². The number of fused-ring (bicyclic) bond motifs is 5. The van der Waals surface area contributed by atoms with Gasteiger partial charge in [0.2, 0.25) is 0 Å². The number of rotatable bonds is 18. The molecule has 9 aromatic rings. The van der Waals surface area contributed by atoms with Gasteiger partial charge < -0.3 is 0 Å². The molecule has 1 aliphatic heterocycles. The minimum atomic E-state index is -4.28. The van der Waals surface area contributed by atoms with Gasteiger partial charge in [0.1, 0.15) is 4.88 Å². The van der Waals surface area contributed by atoms with Crippen LogP contribution in [0.4, 0.5) is 13.2 Å². The first-order valence-electron chi connectivity index (χ1n) is 26.3. The van der Waals surface area contributed by atoms with Crippen molar-refractivity contribution in [2.45, 2.75) is 130 Å². The van der Waals surface area contributed by atoms with Gasteiger partial charge in [-0.1, -0.05) is 140 Å². The first-order valence-corrected chi connectivity index (χ1v) is 31.2. The van der Waals surface area contributed by atoms with Gasteiger partial charge in [-0.05, 0) is 97.9 Å². The van der Waals surface area contributed by atoms with Crippen LogP contribution in [0.5, 0.6) is 0 Å². The summed E-state index contributed by atoms with van der Waals surface area (Å²) in [6.45, 7) is 9.22. The maximum atomic E-state index is 14.7. The maximum Gasteiger partial charge on any atom is 0.391 e. The molecule has 73 heavy (non-hydrogen) atoms. The van der Waals surface area contributed by atoms with E-state index in [4.69, 9.17) is 0 Å². The van der Waals surface area contributed by atoms with Crippen molar-refractivity contribution < 1.29 is 22.8 Å². The molecule has 12 heteroatoms. The van der Waals surface area contributed by atoms with E-state index < -0.39 is 18.1 Å². The standard InChI is InChI=1S/C61H60F3NO2S6/c1-5-9-17-35(7-3)31-41-27-29-45(68-41)49-43-33-47(37-19-13-11-14-20-37)70-54(43)50(46-30-28-42(69-46)32-36(8-4)18-10-6-2)44-34-48(71-55(44)49)56-57-51(53(72-56)38-21-15-12-16-22-38)52-58(73-57)60(67)65(59(52)66)40-25-23-39(24-26-40)61(62,63)64/h11-16,19-22,27-30,33-36,39-40H,5-10,17-18,23-26,31-32H2,1-4H3. The predicted molar refractivity (Wildman–Crippen MR) is 310 cm³/mol. The fraction of sp³-hybridized carbons (Fsp3) is 0.377. The lowest BCUT2D eigenvalue weighted by Crippen LogP contribution is -2.43. The lowest BCUT2D eigenvalue weighted by Gasteiger charge is -2.34. The highest BCUT2D eigenvalue weighted by molar-refractivity contribution is 7.33. The van der Waals surface area contributed by atoms with Crippen molar-refractivity contribution in [3.63, 3.8) is 0 Å². The number of nitrogens with zero attached hydrogens (tertiary/aromatic N) is 1. The van der Waals surface area contributed by atoms with Gasteiger partial charge in [-0.15, -0.1) is 68.0 Å². The van der Waals surface area contributed by atoms with E-state index in [0.29, 0.717) is 22.3 Å². The quantitative estimate of drug-likeness (QED) is 0.0803. The zero-order valence-corrected chi connectivity index (χ0v) is 46.7. The van der Waals surface area contributed by atoms with Gasteiger partial charge >= 0.3 is 6.18 Å². The number of hydrogen-bond acceptors (Lipinski definition) is 8. The van der Waals surface area contributed by atoms with Crippen LogP contribution in [0.1, 0.15) is 135 Å². The van der Waals surface area contributed by atoms with Crippen LogP contribution in [-0.4, -0.2) is 28.9 Å². The van der Waals surface area contributed by atoms with Gasteiger partial charge in [-0.2, -0.15) is 13.2 Å². The molecule has 2 unspecified atom stereocenters. The molecule has 1 saturated carbocycles. The molecule has 11 rings (SSSR count). The molecule has 0 N–H and O–H groups in total. The fourth-order valence-electron chi connectivity index (χ4n) is 11.4. The molecule has 0 bridgehead atoms. The molecule has 2 aliphatic rings. The highest BCUT2D eigenvalue weighted by Crippen LogP contribution is 2.58. The van der Waals surface area contributed by atoms with Crippen molar-refractivity contribution in [3.05, 3.63) is 117 Å². The van der Waals surface area contributed by atoms with Crippen molar-refractivity contribution in [1.82, 2.24) is 4.90 Å².